The first-order valence-electron chi connectivity index (χ1n) is 8.33. The van der Waals surface area contributed by atoms with E-state index in [1.54, 1.807) is 12.3 Å². The zero-order chi connectivity index (χ0) is 19.7. The van der Waals surface area contributed by atoms with Crippen LogP contribution >= 0.6 is 0 Å². The number of pyridine rings is 1. The first kappa shape index (κ1) is 21.2. The number of nitrogens with two attached hydrogens (primary N) is 1. The number of rotatable bonds is 9. The summed E-state index contributed by atoms with van der Waals surface area (Å²) in [6, 6.07) is 2.03. The van der Waals surface area contributed by atoms with Crippen LogP contribution in [0.3, 0.4) is 0 Å². The normalized spacial score (nSPS) is 11.5. The third-order valence-corrected chi connectivity index (χ3v) is 3.67. The van der Waals surface area contributed by atoms with Gasteiger partial charge in [-0.3, -0.25) is 19.4 Å². The number of aryl methyl sites for hydroxylation is 1. The number of aliphatic carboxylic acids is 1. The maximum absolute atomic E-state index is 12.2. The summed E-state index contributed by atoms with van der Waals surface area (Å²) in [5.41, 5.74) is 1.01. The van der Waals surface area contributed by atoms with Crippen molar-refractivity contribution < 1.29 is 24.3 Å². The third kappa shape index (κ3) is 6.60. The summed E-state index contributed by atoms with van der Waals surface area (Å²) in [6.45, 7) is 3.25. The Bertz CT molecular complexity index is 660. The van der Waals surface area contributed by atoms with Crippen molar-refractivity contribution in [2.45, 2.75) is 52.0 Å². The average molecular weight is 364 g/mol. The van der Waals surface area contributed by atoms with Crippen LogP contribution in [0, 0.1) is 0 Å². The zero-order valence-electron chi connectivity index (χ0n) is 14.9. The number of aromatic nitrogens is 1. The van der Waals surface area contributed by atoms with Gasteiger partial charge >= 0.3 is 5.97 Å². The molecule has 1 rings (SSSR count). The van der Waals surface area contributed by atoms with E-state index in [-0.39, 0.29) is 18.5 Å². The van der Waals surface area contributed by atoms with Crippen LogP contribution in [0.2, 0.25) is 0 Å². The van der Waals surface area contributed by atoms with Gasteiger partial charge in [-0.2, -0.15) is 0 Å². The molecule has 1 heterocycles. The van der Waals surface area contributed by atoms with Gasteiger partial charge in [0, 0.05) is 19.5 Å². The van der Waals surface area contributed by atoms with Crippen molar-refractivity contribution in [3.05, 3.63) is 29.6 Å². The monoisotopic (exact) mass is 364 g/mol. The van der Waals surface area contributed by atoms with Gasteiger partial charge in [0.2, 0.25) is 11.8 Å². The predicted octanol–water partition coefficient (Wildman–Crippen LogP) is 0.636. The molecule has 0 saturated carbocycles. The van der Waals surface area contributed by atoms with Crippen molar-refractivity contribution >= 4 is 23.7 Å². The fraction of sp³-hybridized carbons (Fsp3) is 0.471. The van der Waals surface area contributed by atoms with E-state index in [0.29, 0.717) is 5.01 Å². The number of nitrogens with one attached hydrogen (secondary N) is 1. The minimum Gasteiger partial charge on any atom is -0.480 e. The molecule has 0 aliphatic heterocycles. The molecule has 0 aromatic carbocycles. The molecule has 9 nitrogen and oxygen atoms in total. The Morgan fingerprint density at radius 3 is 2.50 bits per heavy atom. The standard InChI is InChI=1S/C17H24N4O5/c1-3-4-5-12-6-7-13(19-10-12)16(24)21(18)15(23)9-8-14(17(25)26)20-11(2)22/h6-7,10,14H,3-5,8-9,18H2,1-2H3,(H,20,22)(H,25,26)/t14-/m0/s1. The second-order valence-electron chi connectivity index (χ2n) is 5.85. The summed E-state index contributed by atoms with van der Waals surface area (Å²) in [4.78, 5) is 50.2. The van der Waals surface area contributed by atoms with Crippen LogP contribution in [0.15, 0.2) is 18.3 Å². The number of hydrogen-bond acceptors (Lipinski definition) is 6. The van der Waals surface area contributed by atoms with Crippen molar-refractivity contribution in [2.24, 2.45) is 5.84 Å². The van der Waals surface area contributed by atoms with Gasteiger partial charge in [0.15, 0.2) is 0 Å². The van der Waals surface area contributed by atoms with Crippen molar-refractivity contribution in [3.8, 4) is 0 Å². The summed E-state index contributed by atoms with van der Waals surface area (Å²) < 4.78 is 0. The highest BCUT2D eigenvalue weighted by Crippen LogP contribution is 2.08. The molecule has 9 heteroatoms. The quantitative estimate of drug-likeness (QED) is 0.331. The molecule has 0 spiro atoms. The Morgan fingerprint density at radius 1 is 1.31 bits per heavy atom. The van der Waals surface area contributed by atoms with E-state index in [1.807, 2.05) is 0 Å². The van der Waals surface area contributed by atoms with Crippen LogP contribution in [-0.2, 0) is 20.8 Å². The summed E-state index contributed by atoms with van der Waals surface area (Å²) in [7, 11) is 0. The van der Waals surface area contributed by atoms with Crippen LogP contribution in [0.4, 0.5) is 0 Å². The number of unbranched alkanes of at least 4 members (excludes halogenated alkanes) is 1. The van der Waals surface area contributed by atoms with Crippen molar-refractivity contribution in [1.29, 1.82) is 0 Å². The van der Waals surface area contributed by atoms with E-state index in [0.717, 1.165) is 24.8 Å². The molecule has 1 aromatic heterocycles. The van der Waals surface area contributed by atoms with Gasteiger partial charge in [-0.1, -0.05) is 19.4 Å². The van der Waals surface area contributed by atoms with Gasteiger partial charge in [0.1, 0.15) is 11.7 Å². The van der Waals surface area contributed by atoms with Gasteiger partial charge < -0.3 is 10.4 Å². The number of nitrogens with zero attached hydrogens (tertiary/aromatic N) is 2. The molecule has 1 atom stereocenters. The molecular formula is C17H24N4O5. The second-order valence-corrected chi connectivity index (χ2v) is 5.85. The molecule has 142 valence electrons. The van der Waals surface area contributed by atoms with Crippen molar-refractivity contribution in [1.82, 2.24) is 15.3 Å². The summed E-state index contributed by atoms with van der Waals surface area (Å²) in [6.07, 6.45) is 3.98. The Balaban J connectivity index is 2.64. The molecule has 3 amide bonds. The highest BCUT2D eigenvalue weighted by Gasteiger charge is 2.24. The summed E-state index contributed by atoms with van der Waals surface area (Å²) >= 11 is 0. The van der Waals surface area contributed by atoms with Gasteiger partial charge in [-0.25, -0.2) is 15.6 Å². The number of hydrazine groups is 1. The molecule has 0 saturated heterocycles. The SMILES string of the molecule is CCCCc1ccc(C(=O)N(N)C(=O)CC[C@H](NC(C)=O)C(=O)O)nc1. The lowest BCUT2D eigenvalue weighted by Crippen LogP contribution is -2.45. The summed E-state index contributed by atoms with van der Waals surface area (Å²) in [5, 5.41) is 11.6. The van der Waals surface area contributed by atoms with Crippen LogP contribution in [-0.4, -0.2) is 44.8 Å². The Labute approximate surface area is 151 Å². The third-order valence-electron chi connectivity index (χ3n) is 3.67. The Hall–Kier alpha value is -2.81. The Kier molecular flexibility index (Phi) is 8.36. The number of carboxylic acids is 1. The largest absolute Gasteiger partial charge is 0.480 e. The van der Waals surface area contributed by atoms with E-state index >= 15 is 0 Å². The van der Waals surface area contributed by atoms with Crippen LogP contribution < -0.4 is 11.2 Å². The fourth-order valence-electron chi connectivity index (χ4n) is 2.21. The molecule has 4 N–H and O–H groups in total. The predicted molar refractivity (Wildman–Crippen MR) is 92.7 cm³/mol. The zero-order valence-corrected chi connectivity index (χ0v) is 14.9. The summed E-state index contributed by atoms with van der Waals surface area (Å²) in [5.74, 6) is 2.20. The minimum absolute atomic E-state index is 0.0257. The van der Waals surface area contributed by atoms with Crippen LogP contribution in [0.5, 0.6) is 0 Å². The highest BCUT2D eigenvalue weighted by molar-refractivity contribution is 6.03. The van der Waals surface area contributed by atoms with Crippen molar-refractivity contribution in [2.75, 3.05) is 0 Å². The van der Waals surface area contributed by atoms with E-state index in [4.69, 9.17) is 10.9 Å². The average Bonchev–Trinajstić information content (AvgIpc) is 2.61. The number of carbonyl (C=O) groups is 4. The molecule has 1 aromatic rings. The number of carboxylic acid groups (broad SMARTS) is 1. The highest BCUT2D eigenvalue weighted by atomic mass is 16.4. The number of imide groups is 1. The van der Waals surface area contributed by atoms with Crippen molar-refractivity contribution in [3.63, 3.8) is 0 Å². The first-order valence-corrected chi connectivity index (χ1v) is 8.33. The first-order chi connectivity index (χ1) is 12.3. The number of amides is 3. The number of carbonyl (C=O) groups excluding carboxylic acids is 3. The van der Waals surface area contributed by atoms with E-state index in [2.05, 4.69) is 17.2 Å². The fourth-order valence-corrected chi connectivity index (χ4v) is 2.21. The van der Waals surface area contributed by atoms with Gasteiger partial charge in [-0.05, 0) is 30.9 Å². The Morgan fingerprint density at radius 2 is 2.00 bits per heavy atom. The molecule has 0 aliphatic rings. The molecule has 0 fully saturated rings. The van der Waals surface area contributed by atoms with Gasteiger partial charge in [-0.15, -0.1) is 0 Å². The maximum atomic E-state index is 12.2. The molecule has 0 unspecified atom stereocenters. The molecule has 0 bridgehead atoms. The molecular weight excluding hydrogens is 340 g/mol. The minimum atomic E-state index is -1.27. The maximum Gasteiger partial charge on any atom is 0.326 e. The topological polar surface area (TPSA) is 143 Å². The smallest absolute Gasteiger partial charge is 0.326 e. The number of hydrogen-bond donors (Lipinski definition) is 3. The molecule has 26 heavy (non-hydrogen) atoms. The van der Waals surface area contributed by atoms with E-state index in [1.165, 1.54) is 13.0 Å². The van der Waals surface area contributed by atoms with E-state index in [9.17, 15) is 19.2 Å². The van der Waals surface area contributed by atoms with Gasteiger partial charge in [0.25, 0.3) is 5.91 Å². The molecule has 0 radical (unpaired) electrons. The second kappa shape index (κ2) is 10.2. The lowest BCUT2D eigenvalue weighted by molar-refractivity contribution is -0.142. The lowest BCUT2D eigenvalue weighted by Gasteiger charge is -2.17. The van der Waals surface area contributed by atoms with Gasteiger partial charge in [0.05, 0.1) is 0 Å². The van der Waals surface area contributed by atoms with Crippen LogP contribution in [0.25, 0.3) is 0 Å². The van der Waals surface area contributed by atoms with Crippen LogP contribution in [0.1, 0.15) is 55.6 Å². The molecule has 0 aliphatic carbocycles. The van der Waals surface area contributed by atoms with E-state index < -0.39 is 29.7 Å². The lowest BCUT2D eigenvalue weighted by atomic mass is 10.1.